The quantitative estimate of drug-likeness (QED) is 0.674. The van der Waals surface area contributed by atoms with Crippen LogP contribution in [0.2, 0.25) is 15.1 Å². The van der Waals surface area contributed by atoms with Crippen molar-refractivity contribution in [2.75, 3.05) is 5.32 Å². The minimum Gasteiger partial charge on any atom is -0.338 e. The molecule has 18 heavy (non-hydrogen) atoms. The Balaban J connectivity index is 2.37. The van der Waals surface area contributed by atoms with Crippen molar-refractivity contribution < 1.29 is 0 Å². The summed E-state index contributed by atoms with van der Waals surface area (Å²) in [6, 6.07) is 5.22. The summed E-state index contributed by atoms with van der Waals surface area (Å²) in [4.78, 5) is 4.27. The van der Waals surface area contributed by atoms with E-state index < -0.39 is 0 Å². The van der Waals surface area contributed by atoms with Crippen LogP contribution in [0.5, 0.6) is 0 Å². The topological polar surface area (TPSA) is 24.9 Å². The highest BCUT2D eigenvalue weighted by atomic mass is 79.9. The fourth-order valence-electron chi connectivity index (χ4n) is 1.37. The van der Waals surface area contributed by atoms with Crippen LogP contribution in [0.25, 0.3) is 0 Å². The van der Waals surface area contributed by atoms with Crippen molar-refractivity contribution in [3.63, 3.8) is 0 Å². The average Bonchev–Trinajstić information content (AvgIpc) is 2.29. The second-order valence-corrected chi connectivity index (χ2v) is 5.79. The predicted octanol–water partition coefficient (Wildman–Crippen LogP) is 5.86. The van der Waals surface area contributed by atoms with Gasteiger partial charge in [0.15, 0.2) is 0 Å². The van der Waals surface area contributed by atoms with Gasteiger partial charge in [0.25, 0.3) is 0 Å². The maximum Gasteiger partial charge on any atom is 0.144 e. The Morgan fingerprint density at radius 3 is 2.39 bits per heavy atom. The monoisotopic (exact) mass is 364 g/mol. The summed E-state index contributed by atoms with van der Waals surface area (Å²) in [5, 5.41) is 4.44. The molecule has 94 valence electrons. The van der Waals surface area contributed by atoms with Crippen LogP contribution in [-0.4, -0.2) is 4.98 Å². The van der Waals surface area contributed by atoms with Crippen LogP contribution in [-0.2, 0) is 0 Å². The van der Waals surface area contributed by atoms with Crippen LogP contribution in [0.15, 0.2) is 28.9 Å². The Bertz CT molecular complexity index is 602. The van der Waals surface area contributed by atoms with Gasteiger partial charge < -0.3 is 5.32 Å². The standard InChI is InChI=1S/C12H8BrCl3N2/c1-6-2-7(13)12(17-5-6)18-11-4-9(15)8(14)3-10(11)16/h2-5H,1H3,(H,17,18). The van der Waals surface area contributed by atoms with E-state index >= 15 is 0 Å². The molecular formula is C12H8BrCl3N2. The van der Waals surface area contributed by atoms with Gasteiger partial charge in [0.2, 0.25) is 0 Å². The first-order chi connectivity index (χ1) is 8.47. The van der Waals surface area contributed by atoms with E-state index in [1.54, 1.807) is 18.3 Å². The van der Waals surface area contributed by atoms with Crippen molar-refractivity contribution >= 4 is 62.2 Å². The van der Waals surface area contributed by atoms with Crippen molar-refractivity contribution in [3.8, 4) is 0 Å². The Labute approximate surface area is 128 Å². The van der Waals surface area contributed by atoms with E-state index in [0.29, 0.717) is 26.6 Å². The van der Waals surface area contributed by atoms with Gasteiger partial charge in [0, 0.05) is 6.20 Å². The van der Waals surface area contributed by atoms with Crippen LogP contribution in [0, 0.1) is 6.92 Å². The highest BCUT2D eigenvalue weighted by Gasteiger charge is 2.08. The molecule has 0 bridgehead atoms. The van der Waals surface area contributed by atoms with Gasteiger partial charge >= 0.3 is 0 Å². The Morgan fingerprint density at radius 2 is 1.72 bits per heavy atom. The number of benzene rings is 1. The van der Waals surface area contributed by atoms with Crippen LogP contribution in [0.4, 0.5) is 11.5 Å². The van der Waals surface area contributed by atoms with E-state index in [2.05, 4.69) is 26.2 Å². The molecule has 0 fully saturated rings. The number of aryl methyl sites for hydroxylation is 1. The molecule has 0 amide bonds. The molecule has 0 aliphatic rings. The molecule has 1 heterocycles. The number of hydrogen-bond donors (Lipinski definition) is 1. The molecule has 0 spiro atoms. The zero-order valence-corrected chi connectivity index (χ0v) is 13.1. The Hall–Kier alpha value is -0.480. The summed E-state index contributed by atoms with van der Waals surface area (Å²) < 4.78 is 0.852. The first kappa shape index (κ1) is 13.9. The van der Waals surface area contributed by atoms with Crippen molar-refractivity contribution in [1.82, 2.24) is 4.98 Å². The molecule has 0 saturated heterocycles. The molecule has 2 nitrogen and oxygen atoms in total. The van der Waals surface area contributed by atoms with Crippen molar-refractivity contribution in [2.24, 2.45) is 0 Å². The molecule has 0 radical (unpaired) electrons. The average molecular weight is 366 g/mol. The third-order valence-electron chi connectivity index (χ3n) is 2.24. The van der Waals surface area contributed by atoms with E-state index in [-0.39, 0.29) is 0 Å². The number of nitrogens with one attached hydrogen (secondary N) is 1. The molecule has 0 atom stereocenters. The highest BCUT2D eigenvalue weighted by Crippen LogP contribution is 2.34. The van der Waals surface area contributed by atoms with Crippen LogP contribution in [0.3, 0.4) is 0 Å². The normalized spacial score (nSPS) is 10.5. The zero-order valence-electron chi connectivity index (χ0n) is 9.27. The third-order valence-corrected chi connectivity index (χ3v) is 3.88. The van der Waals surface area contributed by atoms with Gasteiger partial charge in [-0.15, -0.1) is 0 Å². The third kappa shape index (κ3) is 3.09. The van der Waals surface area contributed by atoms with E-state index in [9.17, 15) is 0 Å². The molecule has 2 rings (SSSR count). The molecule has 6 heteroatoms. The molecule has 0 unspecified atom stereocenters. The van der Waals surface area contributed by atoms with Gasteiger partial charge in [-0.05, 0) is 46.6 Å². The lowest BCUT2D eigenvalue weighted by Crippen LogP contribution is -1.96. The molecule has 2 aromatic rings. The summed E-state index contributed by atoms with van der Waals surface area (Å²) in [5.41, 5.74) is 1.72. The largest absolute Gasteiger partial charge is 0.338 e. The van der Waals surface area contributed by atoms with Crippen molar-refractivity contribution in [3.05, 3.63) is 49.5 Å². The smallest absolute Gasteiger partial charge is 0.144 e. The lowest BCUT2D eigenvalue weighted by molar-refractivity contribution is 1.24. The Kier molecular flexibility index (Phi) is 4.38. The second-order valence-electron chi connectivity index (χ2n) is 3.71. The van der Waals surface area contributed by atoms with Gasteiger partial charge in [-0.25, -0.2) is 4.98 Å². The molecule has 1 N–H and O–H groups in total. The van der Waals surface area contributed by atoms with Gasteiger partial charge in [-0.3, -0.25) is 0 Å². The Morgan fingerprint density at radius 1 is 1.06 bits per heavy atom. The number of nitrogens with zero attached hydrogens (tertiary/aromatic N) is 1. The highest BCUT2D eigenvalue weighted by molar-refractivity contribution is 9.10. The molecule has 0 aliphatic carbocycles. The van der Waals surface area contributed by atoms with Crippen LogP contribution >= 0.6 is 50.7 Å². The molecular weight excluding hydrogens is 358 g/mol. The van der Waals surface area contributed by atoms with Crippen LogP contribution < -0.4 is 5.32 Å². The van der Waals surface area contributed by atoms with Crippen molar-refractivity contribution in [1.29, 1.82) is 0 Å². The number of aromatic nitrogens is 1. The molecule has 0 saturated carbocycles. The van der Waals surface area contributed by atoms with Gasteiger partial charge in [-0.2, -0.15) is 0 Å². The van der Waals surface area contributed by atoms with Crippen LogP contribution in [0.1, 0.15) is 5.56 Å². The molecule has 0 aliphatic heterocycles. The van der Waals surface area contributed by atoms with E-state index in [1.165, 1.54) is 0 Å². The van der Waals surface area contributed by atoms with Gasteiger partial charge in [-0.1, -0.05) is 34.8 Å². The predicted molar refractivity (Wildman–Crippen MR) is 81.4 cm³/mol. The van der Waals surface area contributed by atoms with E-state index in [0.717, 1.165) is 10.0 Å². The van der Waals surface area contributed by atoms with Crippen molar-refractivity contribution in [2.45, 2.75) is 6.92 Å². The number of halogens is 4. The summed E-state index contributed by atoms with van der Waals surface area (Å²) in [5.74, 6) is 0.667. The lowest BCUT2D eigenvalue weighted by atomic mass is 10.3. The fourth-order valence-corrected chi connectivity index (χ4v) is 2.53. The zero-order chi connectivity index (χ0) is 13.3. The van der Waals surface area contributed by atoms with Gasteiger partial charge in [0.05, 0.1) is 25.2 Å². The second kappa shape index (κ2) is 5.66. The van der Waals surface area contributed by atoms with Gasteiger partial charge in [0.1, 0.15) is 5.82 Å². The summed E-state index contributed by atoms with van der Waals surface area (Å²) in [7, 11) is 0. The van der Waals surface area contributed by atoms with E-state index in [1.807, 2.05) is 13.0 Å². The number of hydrogen-bond acceptors (Lipinski definition) is 2. The first-order valence-corrected chi connectivity index (χ1v) is 6.94. The summed E-state index contributed by atoms with van der Waals surface area (Å²) in [6.45, 7) is 1.97. The maximum absolute atomic E-state index is 6.09. The summed E-state index contributed by atoms with van der Waals surface area (Å²) in [6.07, 6.45) is 1.76. The number of anilines is 2. The maximum atomic E-state index is 6.09. The number of pyridine rings is 1. The lowest BCUT2D eigenvalue weighted by Gasteiger charge is -2.10. The van der Waals surface area contributed by atoms with E-state index in [4.69, 9.17) is 34.8 Å². The fraction of sp³-hybridized carbons (Fsp3) is 0.0833. The minimum atomic E-state index is 0.420. The molecule has 1 aromatic heterocycles. The number of rotatable bonds is 2. The summed E-state index contributed by atoms with van der Waals surface area (Å²) >= 11 is 21.3. The molecule has 1 aromatic carbocycles. The SMILES string of the molecule is Cc1cnc(Nc2cc(Cl)c(Cl)cc2Cl)c(Br)c1. The minimum absolute atomic E-state index is 0.420. The first-order valence-electron chi connectivity index (χ1n) is 5.01.